The molecule has 5 nitrogen and oxygen atoms in total. The number of aliphatic hydroxyl groups is 1. The number of aromatic carboxylic acids is 1. The molecule has 98 valence electrons. The number of rotatable bonds is 3. The van der Waals surface area contributed by atoms with E-state index in [1.165, 1.54) is 0 Å². The fourth-order valence-electron chi connectivity index (χ4n) is 0.950. The van der Waals surface area contributed by atoms with E-state index in [2.05, 4.69) is 0 Å². The number of carboxylic acids is 1. The van der Waals surface area contributed by atoms with Crippen molar-refractivity contribution in [2.45, 2.75) is 6.18 Å². The van der Waals surface area contributed by atoms with E-state index in [4.69, 9.17) is 10.2 Å². The van der Waals surface area contributed by atoms with Crippen LogP contribution in [0.1, 0.15) is 20.0 Å². The van der Waals surface area contributed by atoms with E-state index in [1.807, 2.05) is 0 Å². The molecule has 1 aromatic heterocycles. The van der Waals surface area contributed by atoms with Crippen LogP contribution in [0.5, 0.6) is 5.75 Å². The molecule has 0 amide bonds. The van der Waals surface area contributed by atoms with Gasteiger partial charge in [-0.15, -0.1) is 11.3 Å². The normalized spacial score (nSPS) is 12.5. The molecule has 1 aromatic rings. The summed E-state index contributed by atoms with van der Waals surface area (Å²) in [5.74, 6) is -5.91. The predicted molar refractivity (Wildman–Crippen MR) is 54.0 cm³/mol. The number of aliphatic hydroxyl groups excluding tert-OH is 1. The maximum Gasteiger partial charge on any atom is 0.448 e. The summed E-state index contributed by atoms with van der Waals surface area (Å²) in [7, 11) is 0. The number of carboxylic acid groups (broad SMARTS) is 1. The summed E-state index contributed by atoms with van der Waals surface area (Å²) in [6.45, 7) is 0. The number of hydrogen-bond donors (Lipinski definition) is 3. The molecule has 0 atom stereocenters. The number of aromatic hydroxyl groups is 1. The Balaban J connectivity index is 3.10. The topological polar surface area (TPSA) is 94.8 Å². The van der Waals surface area contributed by atoms with Crippen LogP contribution in [-0.4, -0.2) is 33.2 Å². The first kappa shape index (κ1) is 14.0. The highest BCUT2D eigenvalue weighted by Gasteiger charge is 2.35. The van der Waals surface area contributed by atoms with Crippen molar-refractivity contribution in [2.24, 2.45) is 0 Å². The third-order valence-corrected chi connectivity index (χ3v) is 2.76. The van der Waals surface area contributed by atoms with Gasteiger partial charge in [-0.1, -0.05) is 0 Å². The summed E-state index contributed by atoms with van der Waals surface area (Å²) in [6.07, 6.45) is -5.21. The van der Waals surface area contributed by atoms with Gasteiger partial charge in [0.2, 0.25) is 11.5 Å². The SMILES string of the molecule is O=C(O)c1csc(C(=O)/C=C(\O)C(F)(F)F)c1O. The lowest BCUT2D eigenvalue weighted by molar-refractivity contribution is -0.120. The van der Waals surface area contributed by atoms with E-state index in [9.17, 15) is 27.9 Å². The van der Waals surface area contributed by atoms with Gasteiger partial charge in [-0.05, 0) is 0 Å². The molecule has 0 bridgehead atoms. The van der Waals surface area contributed by atoms with E-state index < -0.39 is 39.9 Å². The summed E-state index contributed by atoms with van der Waals surface area (Å²) >= 11 is 0.462. The van der Waals surface area contributed by atoms with Crippen LogP contribution in [-0.2, 0) is 0 Å². The molecule has 1 heterocycles. The van der Waals surface area contributed by atoms with E-state index in [1.54, 1.807) is 0 Å². The van der Waals surface area contributed by atoms with Crippen molar-refractivity contribution in [3.63, 3.8) is 0 Å². The molecule has 0 spiro atoms. The highest BCUT2D eigenvalue weighted by molar-refractivity contribution is 7.13. The molecule has 0 aliphatic rings. The van der Waals surface area contributed by atoms with Gasteiger partial charge >= 0.3 is 12.1 Å². The van der Waals surface area contributed by atoms with E-state index in [0.29, 0.717) is 11.3 Å². The highest BCUT2D eigenvalue weighted by atomic mass is 32.1. The highest BCUT2D eigenvalue weighted by Crippen LogP contribution is 2.31. The molecule has 0 aliphatic heterocycles. The molecule has 0 unspecified atom stereocenters. The lowest BCUT2D eigenvalue weighted by atomic mass is 10.2. The molecule has 0 aliphatic carbocycles. The molecule has 9 heteroatoms. The van der Waals surface area contributed by atoms with Crippen LogP contribution < -0.4 is 0 Å². The largest absolute Gasteiger partial charge is 0.505 e. The van der Waals surface area contributed by atoms with E-state index in [-0.39, 0.29) is 6.08 Å². The van der Waals surface area contributed by atoms with Gasteiger partial charge in [-0.25, -0.2) is 4.79 Å². The average molecular weight is 282 g/mol. The van der Waals surface area contributed by atoms with Gasteiger partial charge in [0.05, 0.1) is 0 Å². The Bertz CT molecular complexity index is 529. The molecule has 3 N–H and O–H groups in total. The molecule has 1 rings (SSSR count). The van der Waals surface area contributed by atoms with Crippen LogP contribution >= 0.6 is 11.3 Å². The van der Waals surface area contributed by atoms with Crippen molar-refractivity contribution in [3.05, 3.63) is 27.7 Å². The van der Waals surface area contributed by atoms with E-state index in [0.717, 1.165) is 5.38 Å². The summed E-state index contributed by atoms with van der Waals surface area (Å²) in [5.41, 5.74) is -0.594. The number of carbonyl (C=O) groups is 2. The van der Waals surface area contributed by atoms with Crippen LogP contribution in [0.25, 0.3) is 0 Å². The zero-order valence-electron chi connectivity index (χ0n) is 8.35. The third kappa shape index (κ3) is 2.80. The first-order valence-corrected chi connectivity index (χ1v) is 5.08. The van der Waals surface area contributed by atoms with Gasteiger partial charge in [0.15, 0.2) is 5.75 Å². The summed E-state index contributed by atoms with van der Waals surface area (Å²) in [5, 5.41) is 27.3. The minimum atomic E-state index is -5.09. The van der Waals surface area contributed by atoms with Gasteiger partial charge in [-0.3, -0.25) is 4.79 Å². The molecule has 0 fully saturated rings. The lowest BCUT2D eigenvalue weighted by Crippen LogP contribution is -2.12. The number of thiophene rings is 1. The lowest BCUT2D eigenvalue weighted by Gasteiger charge is -2.03. The fraction of sp³-hybridized carbons (Fsp3) is 0.111. The number of alkyl halides is 3. The smallest absolute Gasteiger partial charge is 0.448 e. The Morgan fingerprint density at radius 1 is 1.28 bits per heavy atom. The van der Waals surface area contributed by atoms with Crippen LogP contribution in [0.2, 0.25) is 0 Å². The van der Waals surface area contributed by atoms with Crippen LogP contribution in [0.4, 0.5) is 13.2 Å². The summed E-state index contributed by atoms with van der Waals surface area (Å²) < 4.78 is 35.8. The van der Waals surface area contributed by atoms with Crippen LogP contribution in [0.15, 0.2) is 17.2 Å². The third-order valence-electron chi connectivity index (χ3n) is 1.78. The Hall–Kier alpha value is -2.03. The Morgan fingerprint density at radius 3 is 2.22 bits per heavy atom. The zero-order valence-corrected chi connectivity index (χ0v) is 9.17. The quantitative estimate of drug-likeness (QED) is 0.449. The second kappa shape index (κ2) is 4.69. The van der Waals surface area contributed by atoms with Gasteiger partial charge in [0, 0.05) is 11.5 Å². The second-order valence-electron chi connectivity index (χ2n) is 3.02. The van der Waals surface area contributed by atoms with Crippen molar-refractivity contribution < 1.29 is 38.1 Å². The summed E-state index contributed by atoms with van der Waals surface area (Å²) in [6, 6.07) is 0. The fourth-order valence-corrected chi connectivity index (χ4v) is 1.79. The minimum Gasteiger partial charge on any atom is -0.505 e. The molecular formula is C9H5F3O5S. The maximum absolute atomic E-state index is 11.9. The first-order chi connectivity index (χ1) is 8.14. The van der Waals surface area contributed by atoms with E-state index >= 15 is 0 Å². The Labute approximate surface area is 101 Å². The molecule has 0 saturated heterocycles. The number of ketones is 1. The molecular weight excluding hydrogens is 277 g/mol. The molecule has 0 saturated carbocycles. The van der Waals surface area contributed by atoms with Gasteiger partial charge in [0.1, 0.15) is 10.4 Å². The van der Waals surface area contributed by atoms with Gasteiger partial charge < -0.3 is 15.3 Å². The first-order valence-electron chi connectivity index (χ1n) is 4.20. The van der Waals surface area contributed by atoms with Crippen molar-refractivity contribution in [2.75, 3.05) is 0 Å². The van der Waals surface area contributed by atoms with Crippen molar-refractivity contribution in [1.29, 1.82) is 0 Å². The monoisotopic (exact) mass is 282 g/mol. The number of carbonyl (C=O) groups excluding carboxylic acids is 1. The number of halogens is 3. The predicted octanol–water partition coefficient (Wildman–Crippen LogP) is 2.34. The summed E-state index contributed by atoms with van der Waals surface area (Å²) in [4.78, 5) is 21.2. The zero-order chi connectivity index (χ0) is 14.1. The maximum atomic E-state index is 11.9. The number of hydrogen-bond acceptors (Lipinski definition) is 5. The molecule has 0 radical (unpaired) electrons. The standard InChI is InChI=1S/C9H5F3O5S/c10-9(11,12)5(14)1-4(13)7-6(15)3(2-18-7)8(16)17/h1-2,14-15H,(H,16,17)/b5-1-. The number of allylic oxidation sites excluding steroid dienone is 2. The second-order valence-corrected chi connectivity index (χ2v) is 3.90. The van der Waals surface area contributed by atoms with Gasteiger partial charge in [0.25, 0.3) is 0 Å². The van der Waals surface area contributed by atoms with Crippen molar-refractivity contribution in [1.82, 2.24) is 0 Å². The van der Waals surface area contributed by atoms with Crippen LogP contribution in [0, 0.1) is 0 Å². The molecule has 0 aromatic carbocycles. The Kier molecular flexibility index (Phi) is 3.65. The van der Waals surface area contributed by atoms with Crippen molar-refractivity contribution in [3.8, 4) is 5.75 Å². The van der Waals surface area contributed by atoms with Crippen LogP contribution in [0.3, 0.4) is 0 Å². The molecule has 18 heavy (non-hydrogen) atoms. The minimum absolute atomic E-state index is 0.128. The average Bonchev–Trinajstić information content (AvgIpc) is 2.58. The van der Waals surface area contributed by atoms with Crippen molar-refractivity contribution >= 4 is 23.1 Å². The van der Waals surface area contributed by atoms with Gasteiger partial charge in [-0.2, -0.15) is 13.2 Å². The Morgan fingerprint density at radius 2 is 1.83 bits per heavy atom.